The van der Waals surface area contributed by atoms with E-state index in [0.29, 0.717) is 5.92 Å². The Morgan fingerprint density at radius 2 is 1.06 bits per heavy atom. The van der Waals surface area contributed by atoms with Gasteiger partial charge in [-0.2, -0.15) is 0 Å². The van der Waals surface area contributed by atoms with Gasteiger partial charge in [-0.15, -0.1) is 0 Å². The van der Waals surface area contributed by atoms with Crippen molar-refractivity contribution in [2.75, 3.05) is 55.4 Å². The van der Waals surface area contributed by atoms with E-state index < -0.39 is 0 Å². The molecule has 0 aliphatic carbocycles. The summed E-state index contributed by atoms with van der Waals surface area (Å²) in [5.41, 5.74) is 4.64. The molecular formula is C31H60N2+2. The molecule has 0 heterocycles. The molecule has 0 radical (unpaired) electrons. The average Bonchev–Trinajstić information content (AvgIpc) is 2.66. The van der Waals surface area contributed by atoms with E-state index in [1.807, 2.05) is 0 Å². The summed E-state index contributed by atoms with van der Waals surface area (Å²) >= 11 is 0. The molecule has 0 aliphatic heterocycles. The predicted octanol–water partition coefficient (Wildman–Crippen LogP) is 8.33. The minimum atomic E-state index is 0.704. The highest BCUT2D eigenvalue weighted by atomic mass is 15.3. The number of unbranched alkanes of at least 4 members (excludes halogenated alkanes) is 1. The van der Waals surface area contributed by atoms with E-state index >= 15 is 0 Å². The van der Waals surface area contributed by atoms with Gasteiger partial charge >= 0.3 is 0 Å². The van der Waals surface area contributed by atoms with Crippen molar-refractivity contribution in [1.29, 1.82) is 0 Å². The van der Waals surface area contributed by atoms with Crippen LogP contribution in [0.4, 0.5) is 0 Å². The fraction of sp³-hybridized carbons (Fsp3) is 0.742. The summed E-state index contributed by atoms with van der Waals surface area (Å²) in [5.74, 6) is 0.704. The van der Waals surface area contributed by atoms with Crippen LogP contribution in [0.15, 0.2) is 47.1 Å². The van der Waals surface area contributed by atoms with Crippen molar-refractivity contribution >= 4 is 0 Å². The van der Waals surface area contributed by atoms with E-state index in [2.05, 4.69) is 100 Å². The zero-order valence-electron chi connectivity index (χ0n) is 24.3. The van der Waals surface area contributed by atoms with Crippen LogP contribution in [0.25, 0.3) is 0 Å². The second kappa shape index (κ2) is 17.3. The monoisotopic (exact) mass is 460 g/mol. The van der Waals surface area contributed by atoms with Crippen LogP contribution < -0.4 is 0 Å². The highest BCUT2D eigenvalue weighted by molar-refractivity contribution is 5.05. The molecule has 0 aromatic heterocycles. The summed E-state index contributed by atoms with van der Waals surface area (Å²) < 4.78 is 2.14. The molecule has 2 nitrogen and oxygen atoms in total. The van der Waals surface area contributed by atoms with Gasteiger partial charge in [-0.3, -0.25) is 0 Å². The minimum absolute atomic E-state index is 0.704. The van der Waals surface area contributed by atoms with E-state index in [4.69, 9.17) is 0 Å². The van der Waals surface area contributed by atoms with Crippen LogP contribution in [0.5, 0.6) is 0 Å². The Morgan fingerprint density at radius 1 is 0.606 bits per heavy atom. The Bertz CT molecular complexity index is 620. The van der Waals surface area contributed by atoms with Crippen LogP contribution in [-0.4, -0.2) is 64.3 Å². The SMILES string of the molecule is CC(=CCCC=C(C)CCC=C(C)CCC[N+](C)(C)C)CCC=CC(C)CCC[N+](C)(C)C. The summed E-state index contributed by atoms with van der Waals surface area (Å²) in [4.78, 5) is 0. The number of hydrogen-bond donors (Lipinski definition) is 0. The third-order valence-corrected chi connectivity index (χ3v) is 6.24. The van der Waals surface area contributed by atoms with Crippen LogP contribution >= 0.6 is 0 Å². The van der Waals surface area contributed by atoms with Gasteiger partial charge in [0.05, 0.1) is 55.4 Å². The average molecular weight is 461 g/mol. The zero-order chi connectivity index (χ0) is 25.3. The Labute approximate surface area is 209 Å². The predicted molar refractivity (Wildman–Crippen MR) is 152 cm³/mol. The van der Waals surface area contributed by atoms with E-state index in [1.54, 1.807) is 11.1 Å². The Hall–Kier alpha value is -1.12. The van der Waals surface area contributed by atoms with Crippen molar-refractivity contribution < 1.29 is 8.97 Å². The number of hydrogen-bond acceptors (Lipinski definition) is 0. The molecule has 0 saturated carbocycles. The molecule has 0 amide bonds. The summed E-state index contributed by atoms with van der Waals surface area (Å²) in [6.07, 6.45) is 24.4. The van der Waals surface area contributed by atoms with Crippen molar-refractivity contribution in [2.45, 2.75) is 91.9 Å². The smallest absolute Gasteiger partial charge is 0.0783 e. The number of quaternary nitrogens is 2. The maximum absolute atomic E-state index is 2.45. The fourth-order valence-electron chi connectivity index (χ4n) is 3.97. The van der Waals surface area contributed by atoms with E-state index in [0.717, 1.165) is 8.97 Å². The first-order valence-corrected chi connectivity index (χ1v) is 13.5. The van der Waals surface area contributed by atoms with Crippen LogP contribution in [0.3, 0.4) is 0 Å². The number of allylic oxidation sites excluding steroid dienone is 8. The van der Waals surface area contributed by atoms with E-state index in [1.165, 1.54) is 82.9 Å². The molecule has 1 atom stereocenters. The first kappa shape index (κ1) is 31.9. The van der Waals surface area contributed by atoms with Gasteiger partial charge in [0, 0.05) is 6.42 Å². The summed E-state index contributed by atoms with van der Waals surface area (Å²) in [6.45, 7) is 11.8. The van der Waals surface area contributed by atoms with Crippen molar-refractivity contribution in [3.63, 3.8) is 0 Å². The molecule has 0 spiro atoms. The first-order valence-electron chi connectivity index (χ1n) is 13.5. The summed E-state index contributed by atoms with van der Waals surface area (Å²) in [6, 6.07) is 0. The lowest BCUT2D eigenvalue weighted by molar-refractivity contribution is -0.870. The quantitative estimate of drug-likeness (QED) is 0.109. The molecule has 1 unspecified atom stereocenters. The lowest BCUT2D eigenvalue weighted by Gasteiger charge is -2.24. The number of nitrogens with zero attached hydrogens (tertiary/aromatic N) is 2. The van der Waals surface area contributed by atoms with Gasteiger partial charge in [-0.1, -0.05) is 54.0 Å². The standard InChI is InChI=1S/C31H60N2/c1-28(19-12-14-21-30(3)24-16-26-32(5,6)7)18-11-13-20-29(2)22-15-23-31(4)25-17-27-33(8,9)10/h14,18,20-21,23,30H,11-13,15-17,19,22,24-27H2,1-10H3/q+2. The van der Waals surface area contributed by atoms with Crippen LogP contribution in [-0.2, 0) is 0 Å². The maximum Gasteiger partial charge on any atom is 0.0783 e. The Morgan fingerprint density at radius 3 is 1.61 bits per heavy atom. The molecule has 0 aromatic carbocycles. The second-order valence-electron chi connectivity index (χ2n) is 12.5. The normalized spacial score (nSPS) is 15.5. The second-order valence-corrected chi connectivity index (χ2v) is 12.5. The van der Waals surface area contributed by atoms with Crippen LogP contribution in [0.1, 0.15) is 91.9 Å². The molecule has 0 N–H and O–H groups in total. The molecule has 0 rings (SSSR count). The highest BCUT2D eigenvalue weighted by Crippen LogP contribution is 2.14. The van der Waals surface area contributed by atoms with Gasteiger partial charge in [-0.05, 0) is 84.5 Å². The molecule has 0 aromatic rings. The zero-order valence-corrected chi connectivity index (χ0v) is 24.3. The molecule has 2 heteroatoms. The lowest BCUT2D eigenvalue weighted by Crippen LogP contribution is -2.35. The van der Waals surface area contributed by atoms with Crippen LogP contribution in [0, 0.1) is 5.92 Å². The molecule has 33 heavy (non-hydrogen) atoms. The van der Waals surface area contributed by atoms with Gasteiger partial charge in [0.1, 0.15) is 0 Å². The van der Waals surface area contributed by atoms with Gasteiger partial charge in [0.2, 0.25) is 0 Å². The third kappa shape index (κ3) is 23.8. The van der Waals surface area contributed by atoms with Crippen molar-refractivity contribution in [2.24, 2.45) is 5.92 Å². The van der Waals surface area contributed by atoms with E-state index in [9.17, 15) is 0 Å². The lowest BCUT2D eigenvalue weighted by atomic mass is 10.0. The minimum Gasteiger partial charge on any atom is -0.331 e. The molecule has 192 valence electrons. The molecular weight excluding hydrogens is 400 g/mol. The topological polar surface area (TPSA) is 0 Å². The van der Waals surface area contributed by atoms with E-state index in [-0.39, 0.29) is 0 Å². The first-order chi connectivity index (χ1) is 15.3. The molecule has 0 fully saturated rings. The van der Waals surface area contributed by atoms with Gasteiger partial charge in [0.15, 0.2) is 0 Å². The largest absolute Gasteiger partial charge is 0.331 e. The van der Waals surface area contributed by atoms with Gasteiger partial charge in [-0.25, -0.2) is 0 Å². The number of rotatable bonds is 18. The van der Waals surface area contributed by atoms with Crippen LogP contribution in [0.2, 0.25) is 0 Å². The highest BCUT2D eigenvalue weighted by Gasteiger charge is 2.07. The third-order valence-electron chi connectivity index (χ3n) is 6.24. The Kier molecular flexibility index (Phi) is 16.7. The molecule has 0 bridgehead atoms. The molecule has 0 saturated heterocycles. The van der Waals surface area contributed by atoms with Crippen molar-refractivity contribution in [3.8, 4) is 0 Å². The maximum atomic E-state index is 2.45. The van der Waals surface area contributed by atoms with Gasteiger partial charge < -0.3 is 8.97 Å². The Balaban J connectivity index is 3.99. The fourth-order valence-corrected chi connectivity index (χ4v) is 3.97. The summed E-state index contributed by atoms with van der Waals surface area (Å²) in [7, 11) is 13.7. The molecule has 0 aliphatic rings. The van der Waals surface area contributed by atoms with Crippen molar-refractivity contribution in [3.05, 3.63) is 47.1 Å². The summed E-state index contributed by atoms with van der Waals surface area (Å²) in [5, 5.41) is 0. The van der Waals surface area contributed by atoms with Crippen molar-refractivity contribution in [1.82, 2.24) is 0 Å². The van der Waals surface area contributed by atoms with Gasteiger partial charge in [0.25, 0.3) is 0 Å².